The third kappa shape index (κ3) is 2.51. The van der Waals surface area contributed by atoms with Gasteiger partial charge in [0.05, 0.1) is 0 Å². The molecule has 0 aromatic heterocycles. The topological polar surface area (TPSA) is 20.3 Å². The van der Waals surface area contributed by atoms with Gasteiger partial charge in [0.15, 0.2) is 0 Å². The molecule has 1 aromatic rings. The fourth-order valence-electron chi connectivity index (χ4n) is 3.71. The number of hydrogen-bond acceptors (Lipinski definition) is 2. The maximum absolute atomic E-state index is 13.5. The third-order valence-corrected chi connectivity index (χ3v) is 4.89. The summed E-state index contributed by atoms with van der Waals surface area (Å²) in [5.74, 6) is -0.319. The Morgan fingerprint density at radius 2 is 1.74 bits per heavy atom. The molecule has 1 aliphatic carbocycles. The summed E-state index contributed by atoms with van der Waals surface area (Å²) in [6.07, 6.45) is 8.60. The first-order valence-electron chi connectivity index (χ1n) is 7.22. The predicted molar refractivity (Wildman–Crippen MR) is 74.1 cm³/mol. The molecule has 0 N–H and O–H groups in total. The molecule has 1 saturated heterocycles. The van der Waals surface area contributed by atoms with Crippen LogP contribution >= 0.6 is 0 Å². The molecule has 102 valence electrons. The molecule has 1 aliphatic heterocycles. The zero-order valence-electron chi connectivity index (χ0n) is 11.2. The van der Waals surface area contributed by atoms with Gasteiger partial charge in [-0.3, -0.25) is 4.79 Å². The molecule has 1 heterocycles. The normalized spacial score (nSPS) is 21.8. The zero-order valence-corrected chi connectivity index (χ0v) is 11.2. The van der Waals surface area contributed by atoms with Crippen LogP contribution in [-0.4, -0.2) is 19.4 Å². The lowest BCUT2D eigenvalue weighted by atomic mass is 9.77. The van der Waals surface area contributed by atoms with Crippen molar-refractivity contribution in [1.82, 2.24) is 0 Å². The van der Waals surface area contributed by atoms with E-state index in [2.05, 4.69) is 4.90 Å². The van der Waals surface area contributed by atoms with E-state index in [-0.39, 0.29) is 5.82 Å². The summed E-state index contributed by atoms with van der Waals surface area (Å²) >= 11 is 0. The smallest absolute Gasteiger partial charge is 0.150 e. The molecular weight excluding hydrogens is 241 g/mol. The van der Waals surface area contributed by atoms with Crippen LogP contribution in [0.15, 0.2) is 18.2 Å². The number of anilines is 1. The van der Waals surface area contributed by atoms with Gasteiger partial charge in [-0.1, -0.05) is 12.8 Å². The Hall–Kier alpha value is -1.38. The lowest BCUT2D eigenvalue weighted by molar-refractivity contribution is 0.112. The monoisotopic (exact) mass is 261 g/mol. The van der Waals surface area contributed by atoms with E-state index < -0.39 is 0 Å². The zero-order chi connectivity index (χ0) is 13.3. The van der Waals surface area contributed by atoms with Crippen LogP contribution in [0.1, 0.15) is 48.9 Å². The first-order valence-corrected chi connectivity index (χ1v) is 7.22. The van der Waals surface area contributed by atoms with Crippen LogP contribution in [0.4, 0.5) is 10.1 Å². The van der Waals surface area contributed by atoms with E-state index in [1.165, 1.54) is 44.6 Å². The summed E-state index contributed by atoms with van der Waals surface area (Å²) in [5, 5.41) is 0. The van der Waals surface area contributed by atoms with Gasteiger partial charge in [-0.25, -0.2) is 4.39 Å². The average molecular weight is 261 g/mol. The molecule has 0 unspecified atom stereocenters. The van der Waals surface area contributed by atoms with Crippen LogP contribution in [0.2, 0.25) is 0 Å². The summed E-state index contributed by atoms with van der Waals surface area (Å²) in [5.41, 5.74) is 1.85. The first-order chi connectivity index (χ1) is 9.21. The number of carbonyl (C=O) groups excluding carboxylic acids is 1. The molecule has 0 radical (unpaired) electrons. The number of carbonyl (C=O) groups is 1. The van der Waals surface area contributed by atoms with Crippen molar-refractivity contribution in [1.29, 1.82) is 0 Å². The molecule has 0 amide bonds. The van der Waals surface area contributed by atoms with E-state index in [0.717, 1.165) is 25.1 Å². The minimum atomic E-state index is -0.319. The Labute approximate surface area is 113 Å². The van der Waals surface area contributed by atoms with E-state index >= 15 is 0 Å². The standard InChI is InChI=1S/C16H20FNO/c17-14-9-13(12-19)10-15(11-14)18-7-5-16(6-8-18)3-1-2-4-16/h9-12H,1-8H2. The van der Waals surface area contributed by atoms with Crippen LogP contribution in [0.25, 0.3) is 0 Å². The highest BCUT2D eigenvalue weighted by atomic mass is 19.1. The highest BCUT2D eigenvalue weighted by Crippen LogP contribution is 2.46. The van der Waals surface area contributed by atoms with E-state index in [0.29, 0.717) is 11.0 Å². The van der Waals surface area contributed by atoms with Crippen molar-refractivity contribution < 1.29 is 9.18 Å². The molecule has 19 heavy (non-hydrogen) atoms. The fourth-order valence-corrected chi connectivity index (χ4v) is 3.71. The Kier molecular flexibility index (Phi) is 3.29. The maximum atomic E-state index is 13.5. The van der Waals surface area contributed by atoms with Crippen molar-refractivity contribution in [2.24, 2.45) is 5.41 Å². The third-order valence-electron chi connectivity index (χ3n) is 4.89. The number of rotatable bonds is 2. The molecule has 0 atom stereocenters. The van der Waals surface area contributed by atoms with Crippen LogP contribution in [0.5, 0.6) is 0 Å². The molecule has 3 heteroatoms. The minimum absolute atomic E-state index is 0.319. The van der Waals surface area contributed by atoms with Gasteiger partial charge in [-0.2, -0.15) is 0 Å². The first kappa shape index (κ1) is 12.6. The van der Waals surface area contributed by atoms with Crippen LogP contribution in [0.3, 0.4) is 0 Å². The number of nitrogens with zero attached hydrogens (tertiary/aromatic N) is 1. The van der Waals surface area contributed by atoms with Crippen molar-refractivity contribution in [3.63, 3.8) is 0 Å². The van der Waals surface area contributed by atoms with Crippen LogP contribution < -0.4 is 4.90 Å². The fraction of sp³-hybridized carbons (Fsp3) is 0.562. The molecule has 1 spiro atoms. The highest BCUT2D eigenvalue weighted by Gasteiger charge is 2.36. The number of aldehydes is 1. The van der Waals surface area contributed by atoms with E-state index in [9.17, 15) is 9.18 Å². The second-order valence-corrected chi connectivity index (χ2v) is 6.05. The van der Waals surface area contributed by atoms with Crippen molar-refractivity contribution >= 4 is 12.0 Å². The number of halogens is 1. The summed E-state index contributed by atoms with van der Waals surface area (Å²) in [6.45, 7) is 1.98. The lowest BCUT2D eigenvalue weighted by Gasteiger charge is -2.40. The Bertz CT molecular complexity index is 470. The van der Waals surface area contributed by atoms with Gasteiger partial charge in [0.2, 0.25) is 0 Å². The average Bonchev–Trinajstić information content (AvgIpc) is 2.87. The van der Waals surface area contributed by atoms with Crippen molar-refractivity contribution in [2.45, 2.75) is 38.5 Å². The van der Waals surface area contributed by atoms with Crippen molar-refractivity contribution in [3.05, 3.63) is 29.6 Å². The van der Waals surface area contributed by atoms with Gasteiger partial charge in [0.1, 0.15) is 12.1 Å². The van der Waals surface area contributed by atoms with Gasteiger partial charge in [0, 0.05) is 24.3 Å². The van der Waals surface area contributed by atoms with Gasteiger partial charge >= 0.3 is 0 Å². The molecule has 2 aliphatic rings. The van der Waals surface area contributed by atoms with Crippen LogP contribution in [-0.2, 0) is 0 Å². The summed E-state index contributed by atoms with van der Waals surface area (Å²) in [6, 6.07) is 4.63. The quantitative estimate of drug-likeness (QED) is 0.755. The molecule has 1 aromatic carbocycles. The number of piperidine rings is 1. The van der Waals surface area contributed by atoms with Crippen molar-refractivity contribution in [2.75, 3.05) is 18.0 Å². The largest absolute Gasteiger partial charge is 0.371 e. The van der Waals surface area contributed by atoms with Gasteiger partial charge in [0.25, 0.3) is 0 Å². The maximum Gasteiger partial charge on any atom is 0.150 e. The van der Waals surface area contributed by atoms with E-state index in [1.54, 1.807) is 12.1 Å². The minimum Gasteiger partial charge on any atom is -0.371 e. The molecular formula is C16H20FNO. The molecule has 1 saturated carbocycles. The SMILES string of the molecule is O=Cc1cc(F)cc(N2CCC3(CCCC3)CC2)c1. The highest BCUT2D eigenvalue weighted by molar-refractivity contribution is 5.77. The molecule has 3 rings (SSSR count). The van der Waals surface area contributed by atoms with E-state index in [1.807, 2.05) is 0 Å². The predicted octanol–water partition coefficient (Wildman–Crippen LogP) is 3.80. The molecule has 2 nitrogen and oxygen atoms in total. The Morgan fingerprint density at radius 1 is 1.05 bits per heavy atom. The lowest BCUT2D eigenvalue weighted by Crippen LogP contribution is -2.38. The molecule has 0 bridgehead atoms. The van der Waals surface area contributed by atoms with Gasteiger partial charge in [-0.05, 0) is 49.3 Å². The van der Waals surface area contributed by atoms with Crippen molar-refractivity contribution in [3.8, 4) is 0 Å². The molecule has 2 fully saturated rings. The van der Waals surface area contributed by atoms with Crippen LogP contribution in [0, 0.1) is 11.2 Å². The Balaban J connectivity index is 1.74. The van der Waals surface area contributed by atoms with Gasteiger partial charge in [-0.15, -0.1) is 0 Å². The Morgan fingerprint density at radius 3 is 2.37 bits per heavy atom. The van der Waals surface area contributed by atoms with Gasteiger partial charge < -0.3 is 4.90 Å². The number of hydrogen-bond donors (Lipinski definition) is 0. The summed E-state index contributed by atoms with van der Waals surface area (Å²) in [7, 11) is 0. The summed E-state index contributed by atoms with van der Waals surface area (Å²) < 4.78 is 13.5. The second-order valence-electron chi connectivity index (χ2n) is 6.05. The van der Waals surface area contributed by atoms with E-state index in [4.69, 9.17) is 0 Å². The number of benzene rings is 1. The summed E-state index contributed by atoms with van der Waals surface area (Å²) in [4.78, 5) is 13.0. The second kappa shape index (κ2) is 4.95.